The summed E-state index contributed by atoms with van der Waals surface area (Å²) in [5.41, 5.74) is 1.00. The number of rotatable bonds is 11. The van der Waals surface area contributed by atoms with E-state index >= 15 is 0 Å². The molecular weight excluding hydrogens is 574 g/mol. The zero-order valence-electron chi connectivity index (χ0n) is 22.3. The predicted octanol–water partition coefficient (Wildman–Crippen LogP) is 4.10. The fraction of sp³-hybridized carbons (Fsp3) is 0.481. The smallest absolute Gasteiger partial charge is 0.244 e. The van der Waals surface area contributed by atoms with Gasteiger partial charge < -0.3 is 19.7 Å². The first-order chi connectivity index (χ1) is 18.0. The molecule has 1 N–H and O–H groups in total. The number of sulfonamides is 1. The summed E-state index contributed by atoms with van der Waals surface area (Å²) in [6.07, 6.45) is 6.14. The van der Waals surface area contributed by atoms with Crippen molar-refractivity contribution in [2.45, 2.75) is 57.7 Å². The number of nitrogens with zero attached hydrogens (tertiary/aromatic N) is 2. The highest BCUT2D eigenvalue weighted by Gasteiger charge is 2.32. The molecule has 0 unspecified atom stereocenters. The average Bonchev–Trinajstić information content (AvgIpc) is 2.89. The Bertz CT molecular complexity index is 1230. The molecule has 0 heterocycles. The Balaban J connectivity index is 1.92. The van der Waals surface area contributed by atoms with Crippen LogP contribution < -0.4 is 19.1 Å². The van der Waals surface area contributed by atoms with E-state index in [0.717, 1.165) is 52.7 Å². The topological polar surface area (TPSA) is 105 Å². The van der Waals surface area contributed by atoms with E-state index in [2.05, 4.69) is 21.2 Å². The van der Waals surface area contributed by atoms with E-state index in [0.29, 0.717) is 5.75 Å². The quantitative estimate of drug-likeness (QED) is 0.411. The minimum atomic E-state index is -3.89. The van der Waals surface area contributed by atoms with Gasteiger partial charge in [0.2, 0.25) is 21.8 Å². The van der Waals surface area contributed by atoms with Crippen molar-refractivity contribution in [1.29, 1.82) is 0 Å². The van der Waals surface area contributed by atoms with Gasteiger partial charge in [0.1, 0.15) is 24.1 Å². The number of carbonyl (C=O) groups is 2. The maximum Gasteiger partial charge on any atom is 0.244 e. The van der Waals surface area contributed by atoms with Crippen molar-refractivity contribution in [2.24, 2.45) is 0 Å². The number of nitrogens with one attached hydrogen (secondary N) is 1. The molecule has 1 aliphatic carbocycles. The Kier molecular flexibility index (Phi) is 10.4. The lowest BCUT2D eigenvalue weighted by Crippen LogP contribution is -2.53. The zero-order chi connectivity index (χ0) is 27.9. The molecule has 1 fully saturated rings. The number of benzene rings is 2. The van der Waals surface area contributed by atoms with Gasteiger partial charge in [0, 0.05) is 23.1 Å². The van der Waals surface area contributed by atoms with Crippen molar-refractivity contribution in [1.82, 2.24) is 10.2 Å². The molecule has 2 aromatic carbocycles. The minimum absolute atomic E-state index is 0.0811. The van der Waals surface area contributed by atoms with Crippen molar-refractivity contribution >= 4 is 43.5 Å². The van der Waals surface area contributed by atoms with E-state index in [9.17, 15) is 18.0 Å². The van der Waals surface area contributed by atoms with E-state index in [1.807, 2.05) is 24.3 Å². The van der Waals surface area contributed by atoms with Gasteiger partial charge in [0.25, 0.3) is 0 Å². The van der Waals surface area contributed by atoms with Crippen molar-refractivity contribution < 1.29 is 27.5 Å². The van der Waals surface area contributed by atoms with Crippen LogP contribution in [0.3, 0.4) is 0 Å². The van der Waals surface area contributed by atoms with E-state index < -0.39 is 28.5 Å². The maximum atomic E-state index is 13.8. The van der Waals surface area contributed by atoms with Crippen LogP contribution in [0.4, 0.5) is 5.69 Å². The molecule has 2 amide bonds. The van der Waals surface area contributed by atoms with Crippen molar-refractivity contribution in [2.75, 3.05) is 31.3 Å². The van der Waals surface area contributed by atoms with Gasteiger partial charge in [0.05, 0.1) is 26.2 Å². The molecule has 1 aliphatic rings. The van der Waals surface area contributed by atoms with E-state index in [1.165, 1.54) is 25.2 Å². The zero-order valence-corrected chi connectivity index (χ0v) is 24.7. The summed E-state index contributed by atoms with van der Waals surface area (Å²) in [6, 6.07) is 11.4. The highest BCUT2D eigenvalue weighted by Crippen LogP contribution is 2.33. The standard InChI is InChI=1S/C27H36BrN3O6S/c1-19(27(33)29-22-11-6-5-7-12-22)30(17-20-9-8-10-21(28)15-20)26(32)18-31(38(4,34)35)24-14-13-23(36-2)16-25(24)37-3/h8-10,13-16,19,22H,5-7,11-12,17-18H2,1-4H3,(H,29,33)/t19-/m1/s1. The lowest BCUT2D eigenvalue weighted by Gasteiger charge is -2.33. The molecule has 38 heavy (non-hydrogen) atoms. The molecule has 0 radical (unpaired) electrons. The monoisotopic (exact) mass is 609 g/mol. The molecule has 0 bridgehead atoms. The maximum absolute atomic E-state index is 13.8. The Morgan fingerprint density at radius 1 is 1.08 bits per heavy atom. The molecule has 2 aromatic rings. The van der Waals surface area contributed by atoms with Crippen LogP contribution >= 0.6 is 15.9 Å². The molecule has 208 valence electrons. The summed E-state index contributed by atoms with van der Waals surface area (Å²) in [4.78, 5) is 28.5. The Labute approximate surface area is 233 Å². The third-order valence-electron chi connectivity index (χ3n) is 6.70. The number of halogens is 1. The van der Waals surface area contributed by atoms with Gasteiger partial charge in [-0.2, -0.15) is 0 Å². The summed E-state index contributed by atoms with van der Waals surface area (Å²) in [6.45, 7) is 1.30. The number of hydrogen-bond acceptors (Lipinski definition) is 6. The summed E-state index contributed by atoms with van der Waals surface area (Å²) >= 11 is 3.45. The van der Waals surface area contributed by atoms with Crippen LogP contribution in [0.25, 0.3) is 0 Å². The normalized spacial score (nSPS) is 14.9. The number of carbonyl (C=O) groups excluding carboxylic acids is 2. The van der Waals surface area contributed by atoms with Crippen molar-refractivity contribution in [3.63, 3.8) is 0 Å². The molecule has 11 heteroatoms. The van der Waals surface area contributed by atoms with Crippen molar-refractivity contribution in [3.8, 4) is 11.5 Å². The molecule has 0 spiro atoms. The number of anilines is 1. The minimum Gasteiger partial charge on any atom is -0.497 e. The summed E-state index contributed by atoms with van der Waals surface area (Å²) in [5, 5.41) is 3.09. The van der Waals surface area contributed by atoms with E-state index in [-0.39, 0.29) is 29.9 Å². The fourth-order valence-corrected chi connectivity index (χ4v) is 5.87. The second-order valence-corrected chi connectivity index (χ2v) is 12.3. The SMILES string of the molecule is COc1ccc(N(CC(=O)N(Cc2cccc(Br)c2)[C@H](C)C(=O)NC2CCCCC2)S(C)(=O)=O)c(OC)c1. The first kappa shape index (κ1) is 29.8. The molecule has 3 rings (SSSR count). The second-order valence-electron chi connectivity index (χ2n) is 9.48. The molecule has 9 nitrogen and oxygen atoms in total. The Morgan fingerprint density at radius 2 is 1.79 bits per heavy atom. The molecule has 1 atom stereocenters. The third kappa shape index (κ3) is 7.86. The number of amides is 2. The second kappa shape index (κ2) is 13.3. The molecule has 1 saturated carbocycles. The number of hydrogen-bond donors (Lipinski definition) is 1. The average molecular weight is 611 g/mol. The van der Waals surface area contributed by atoms with Gasteiger partial charge in [0.15, 0.2) is 0 Å². The van der Waals surface area contributed by atoms with E-state index in [4.69, 9.17) is 9.47 Å². The van der Waals surface area contributed by atoms with Crippen LogP contribution in [-0.2, 0) is 26.2 Å². The van der Waals surface area contributed by atoms with Gasteiger partial charge >= 0.3 is 0 Å². The molecule has 0 saturated heterocycles. The largest absolute Gasteiger partial charge is 0.497 e. The van der Waals surface area contributed by atoms with Crippen LogP contribution in [0.2, 0.25) is 0 Å². The predicted molar refractivity (Wildman–Crippen MR) is 151 cm³/mol. The molecule has 0 aromatic heterocycles. The van der Waals surface area contributed by atoms with Crippen LogP contribution in [0.1, 0.15) is 44.6 Å². The van der Waals surface area contributed by atoms with Gasteiger partial charge in [-0.3, -0.25) is 13.9 Å². The summed E-state index contributed by atoms with van der Waals surface area (Å²) in [7, 11) is -0.984. The van der Waals surface area contributed by atoms with Gasteiger partial charge in [-0.25, -0.2) is 8.42 Å². The Morgan fingerprint density at radius 3 is 2.39 bits per heavy atom. The van der Waals surface area contributed by atoms with Crippen LogP contribution in [-0.4, -0.2) is 64.2 Å². The van der Waals surface area contributed by atoms with Crippen LogP contribution in [0, 0.1) is 0 Å². The number of ether oxygens (including phenoxy) is 2. The first-order valence-corrected chi connectivity index (χ1v) is 15.2. The van der Waals surface area contributed by atoms with Crippen molar-refractivity contribution in [3.05, 3.63) is 52.5 Å². The van der Waals surface area contributed by atoms with Crippen LogP contribution in [0.15, 0.2) is 46.9 Å². The third-order valence-corrected chi connectivity index (χ3v) is 8.32. The lowest BCUT2D eigenvalue weighted by atomic mass is 9.95. The van der Waals surface area contributed by atoms with Gasteiger partial charge in [-0.1, -0.05) is 47.3 Å². The number of methoxy groups -OCH3 is 2. The van der Waals surface area contributed by atoms with Crippen LogP contribution in [0.5, 0.6) is 11.5 Å². The molecule has 0 aliphatic heterocycles. The molecular formula is C27H36BrN3O6S. The van der Waals surface area contributed by atoms with Gasteiger partial charge in [-0.15, -0.1) is 0 Å². The summed E-state index contributed by atoms with van der Waals surface area (Å²) in [5.74, 6) is -0.0494. The summed E-state index contributed by atoms with van der Waals surface area (Å²) < 4.78 is 38.2. The highest BCUT2D eigenvalue weighted by molar-refractivity contribution is 9.10. The highest BCUT2D eigenvalue weighted by atomic mass is 79.9. The lowest BCUT2D eigenvalue weighted by molar-refractivity contribution is -0.139. The van der Waals surface area contributed by atoms with Gasteiger partial charge in [-0.05, 0) is 49.6 Å². The van der Waals surface area contributed by atoms with E-state index in [1.54, 1.807) is 19.1 Å². The Hall–Kier alpha value is -2.79. The fourth-order valence-electron chi connectivity index (χ4n) is 4.57. The first-order valence-electron chi connectivity index (χ1n) is 12.6.